The first-order valence-electron chi connectivity index (χ1n) is 8.95. The summed E-state index contributed by atoms with van der Waals surface area (Å²) in [4.78, 5) is 0. The van der Waals surface area contributed by atoms with Gasteiger partial charge in [0.1, 0.15) is 12.4 Å². The Bertz CT molecular complexity index is 845. The smallest absolute Gasteiger partial charge is 0.416 e. The fourth-order valence-corrected chi connectivity index (χ4v) is 3.20. The van der Waals surface area contributed by atoms with Crippen LogP contribution in [0.2, 0.25) is 0 Å². The number of rotatable bonds is 4. The number of hydrogen-bond donors (Lipinski definition) is 0. The SMILES string of the molecule is COC1(c2cc(OCC#Cc3ccccc3)cc(C(F)(F)F)c2)CCOCC1. The monoisotopic (exact) mass is 390 g/mol. The van der Waals surface area contributed by atoms with Crippen LogP contribution in [0, 0.1) is 11.8 Å². The van der Waals surface area contributed by atoms with Gasteiger partial charge in [0.2, 0.25) is 0 Å². The molecular formula is C22H21F3O3. The Kier molecular flexibility index (Phi) is 6.28. The van der Waals surface area contributed by atoms with Crippen molar-refractivity contribution in [3.05, 3.63) is 65.2 Å². The molecule has 0 radical (unpaired) electrons. The van der Waals surface area contributed by atoms with Crippen molar-refractivity contribution in [2.45, 2.75) is 24.6 Å². The molecule has 0 unspecified atom stereocenters. The van der Waals surface area contributed by atoms with E-state index in [1.165, 1.54) is 7.11 Å². The van der Waals surface area contributed by atoms with Gasteiger partial charge in [-0.15, -0.1) is 0 Å². The van der Waals surface area contributed by atoms with Gasteiger partial charge in [0.25, 0.3) is 0 Å². The maximum atomic E-state index is 13.4. The van der Waals surface area contributed by atoms with Gasteiger partial charge in [0.15, 0.2) is 0 Å². The van der Waals surface area contributed by atoms with Crippen molar-refractivity contribution in [3.8, 4) is 17.6 Å². The highest BCUT2D eigenvalue weighted by Gasteiger charge is 2.38. The number of ether oxygens (including phenoxy) is 3. The molecule has 1 heterocycles. The number of alkyl halides is 3. The Labute approximate surface area is 162 Å². The van der Waals surface area contributed by atoms with E-state index in [4.69, 9.17) is 14.2 Å². The van der Waals surface area contributed by atoms with Gasteiger partial charge < -0.3 is 14.2 Å². The Hall–Kier alpha value is -2.49. The minimum Gasteiger partial charge on any atom is -0.481 e. The summed E-state index contributed by atoms with van der Waals surface area (Å²) in [5.74, 6) is 5.86. The minimum atomic E-state index is -4.48. The van der Waals surface area contributed by atoms with Crippen molar-refractivity contribution < 1.29 is 27.4 Å². The average Bonchev–Trinajstić information content (AvgIpc) is 2.71. The first-order chi connectivity index (χ1) is 13.4. The second-order valence-corrected chi connectivity index (χ2v) is 6.51. The summed E-state index contributed by atoms with van der Waals surface area (Å²) in [5.41, 5.74) is -0.317. The van der Waals surface area contributed by atoms with E-state index < -0.39 is 17.3 Å². The number of hydrogen-bond acceptors (Lipinski definition) is 3. The van der Waals surface area contributed by atoms with Crippen molar-refractivity contribution in [2.24, 2.45) is 0 Å². The Morgan fingerprint density at radius 3 is 2.43 bits per heavy atom. The van der Waals surface area contributed by atoms with Crippen LogP contribution in [0.25, 0.3) is 0 Å². The Morgan fingerprint density at radius 1 is 1.07 bits per heavy atom. The van der Waals surface area contributed by atoms with Crippen molar-refractivity contribution in [2.75, 3.05) is 26.9 Å². The first-order valence-corrected chi connectivity index (χ1v) is 8.95. The van der Waals surface area contributed by atoms with Crippen LogP contribution < -0.4 is 4.74 Å². The predicted molar refractivity (Wildman–Crippen MR) is 99.0 cm³/mol. The third-order valence-corrected chi connectivity index (χ3v) is 4.77. The summed E-state index contributed by atoms with van der Waals surface area (Å²) in [6.45, 7) is 0.852. The average molecular weight is 390 g/mol. The summed E-state index contributed by atoms with van der Waals surface area (Å²) in [6.07, 6.45) is -3.51. The normalized spacial score (nSPS) is 16.1. The lowest BCUT2D eigenvalue weighted by molar-refractivity contribution is -0.138. The zero-order valence-corrected chi connectivity index (χ0v) is 15.5. The lowest BCUT2D eigenvalue weighted by Crippen LogP contribution is -2.35. The number of halogens is 3. The summed E-state index contributed by atoms with van der Waals surface area (Å²) in [5, 5.41) is 0. The van der Waals surface area contributed by atoms with Crippen LogP contribution in [-0.4, -0.2) is 26.9 Å². The van der Waals surface area contributed by atoms with Gasteiger partial charge in [-0.2, -0.15) is 13.2 Å². The molecule has 0 spiro atoms. The lowest BCUT2D eigenvalue weighted by atomic mass is 9.85. The third-order valence-electron chi connectivity index (χ3n) is 4.77. The maximum Gasteiger partial charge on any atom is 0.416 e. The fraction of sp³-hybridized carbons (Fsp3) is 0.364. The zero-order chi connectivity index (χ0) is 20.0. The van der Waals surface area contributed by atoms with Crippen LogP contribution in [0.5, 0.6) is 5.75 Å². The van der Waals surface area contributed by atoms with Gasteiger partial charge in [-0.3, -0.25) is 0 Å². The summed E-state index contributed by atoms with van der Waals surface area (Å²) < 4.78 is 56.7. The summed E-state index contributed by atoms with van der Waals surface area (Å²) in [6, 6.07) is 13.0. The molecule has 0 atom stereocenters. The van der Waals surface area contributed by atoms with Gasteiger partial charge in [-0.25, -0.2) is 0 Å². The zero-order valence-electron chi connectivity index (χ0n) is 15.5. The second-order valence-electron chi connectivity index (χ2n) is 6.51. The first kappa shape index (κ1) is 20.2. The van der Waals surface area contributed by atoms with E-state index in [9.17, 15) is 13.2 Å². The van der Waals surface area contributed by atoms with E-state index >= 15 is 0 Å². The van der Waals surface area contributed by atoms with E-state index in [1.54, 1.807) is 6.07 Å². The molecule has 0 amide bonds. The van der Waals surface area contributed by atoms with Crippen molar-refractivity contribution in [1.29, 1.82) is 0 Å². The molecule has 0 saturated carbocycles. The highest BCUT2D eigenvalue weighted by molar-refractivity contribution is 5.40. The van der Waals surface area contributed by atoms with Gasteiger partial charge in [-0.05, 0) is 35.9 Å². The van der Waals surface area contributed by atoms with Gasteiger partial charge >= 0.3 is 6.18 Å². The lowest BCUT2D eigenvalue weighted by Gasteiger charge is -2.36. The van der Waals surface area contributed by atoms with Crippen LogP contribution in [0.15, 0.2) is 48.5 Å². The molecule has 6 heteroatoms. The quantitative estimate of drug-likeness (QED) is 0.703. The maximum absolute atomic E-state index is 13.4. The number of methoxy groups -OCH3 is 1. The van der Waals surface area contributed by atoms with E-state index in [-0.39, 0.29) is 12.4 Å². The van der Waals surface area contributed by atoms with Crippen LogP contribution in [0.4, 0.5) is 13.2 Å². The van der Waals surface area contributed by atoms with Gasteiger partial charge in [0, 0.05) is 38.7 Å². The van der Waals surface area contributed by atoms with E-state index in [2.05, 4.69) is 11.8 Å². The Balaban J connectivity index is 1.85. The fourth-order valence-electron chi connectivity index (χ4n) is 3.20. The van der Waals surface area contributed by atoms with E-state index in [1.807, 2.05) is 30.3 Å². The number of benzene rings is 2. The van der Waals surface area contributed by atoms with Crippen LogP contribution in [0.1, 0.15) is 29.5 Å². The third kappa shape index (κ3) is 4.86. The van der Waals surface area contributed by atoms with Crippen molar-refractivity contribution in [3.63, 3.8) is 0 Å². The van der Waals surface area contributed by atoms with E-state index in [0.717, 1.165) is 17.7 Å². The molecule has 0 aromatic heterocycles. The molecule has 0 bridgehead atoms. The second kappa shape index (κ2) is 8.68. The molecule has 3 nitrogen and oxygen atoms in total. The highest BCUT2D eigenvalue weighted by Crippen LogP contribution is 2.40. The standard InChI is InChI=1S/C22H21F3O3/c1-26-21(9-12-27-13-10-21)18-14-19(22(23,24)25)16-20(15-18)28-11-5-8-17-6-3-2-4-7-17/h2-4,6-7,14-16H,9-13H2,1H3. The topological polar surface area (TPSA) is 27.7 Å². The molecule has 1 saturated heterocycles. The van der Waals surface area contributed by atoms with Gasteiger partial charge in [0.05, 0.1) is 11.2 Å². The molecule has 0 N–H and O–H groups in total. The molecule has 148 valence electrons. The summed E-state index contributed by atoms with van der Waals surface area (Å²) in [7, 11) is 1.51. The van der Waals surface area contributed by atoms with Crippen molar-refractivity contribution in [1.82, 2.24) is 0 Å². The van der Waals surface area contributed by atoms with Crippen molar-refractivity contribution >= 4 is 0 Å². The minimum absolute atomic E-state index is 0.0151. The van der Waals surface area contributed by atoms with Crippen LogP contribution in [0.3, 0.4) is 0 Å². The molecule has 2 aromatic rings. The van der Waals surface area contributed by atoms with Crippen LogP contribution in [-0.2, 0) is 21.3 Å². The molecule has 1 aliphatic rings. The molecule has 1 aliphatic heterocycles. The molecule has 2 aromatic carbocycles. The highest BCUT2D eigenvalue weighted by atomic mass is 19.4. The van der Waals surface area contributed by atoms with Gasteiger partial charge in [-0.1, -0.05) is 30.0 Å². The molecule has 3 rings (SSSR count). The van der Waals surface area contributed by atoms with E-state index in [0.29, 0.717) is 31.6 Å². The summed E-state index contributed by atoms with van der Waals surface area (Å²) >= 11 is 0. The molecular weight excluding hydrogens is 369 g/mol. The largest absolute Gasteiger partial charge is 0.481 e. The van der Waals surface area contributed by atoms with Crippen LogP contribution >= 0.6 is 0 Å². The molecule has 28 heavy (non-hydrogen) atoms. The predicted octanol–water partition coefficient (Wildman–Crippen LogP) is 4.79. The Morgan fingerprint density at radius 2 is 1.79 bits per heavy atom. The molecule has 1 fully saturated rings. The molecule has 0 aliphatic carbocycles.